The molecule has 1 aliphatic rings. The van der Waals surface area contributed by atoms with Crippen LogP contribution in [0.15, 0.2) is 41.0 Å². The molecule has 3 rings (SSSR count). The van der Waals surface area contributed by atoms with Crippen molar-refractivity contribution in [2.45, 2.75) is 43.9 Å². The van der Waals surface area contributed by atoms with Gasteiger partial charge >= 0.3 is 0 Å². The Balaban J connectivity index is 1.50. The van der Waals surface area contributed by atoms with Crippen LogP contribution in [0.25, 0.3) is 11.5 Å². The van der Waals surface area contributed by atoms with Gasteiger partial charge in [0.2, 0.25) is 11.8 Å². The zero-order chi connectivity index (χ0) is 16.8. The molecule has 128 valence electrons. The molecule has 1 fully saturated rings. The third-order valence-electron chi connectivity index (χ3n) is 4.14. The summed E-state index contributed by atoms with van der Waals surface area (Å²) < 4.78 is 17.6. The molecule has 0 unspecified atom stereocenters. The maximum atomic E-state index is 12.2. The molecule has 1 aromatic heterocycles. The highest BCUT2D eigenvalue weighted by Gasteiger charge is 2.18. The lowest BCUT2D eigenvalue weighted by atomic mass is 9.95. The number of hydrogen-bond acceptors (Lipinski definition) is 4. The smallest absolute Gasteiger partial charge is 0.232 e. The van der Waals surface area contributed by atoms with Crippen LogP contribution >= 0.6 is 0 Å². The minimum absolute atomic E-state index is 0.0179. The number of rotatable bonds is 6. The van der Waals surface area contributed by atoms with E-state index >= 15 is 0 Å². The van der Waals surface area contributed by atoms with Gasteiger partial charge in [0.1, 0.15) is 12.0 Å². The van der Waals surface area contributed by atoms with Crippen LogP contribution in [0.4, 0.5) is 0 Å². The van der Waals surface area contributed by atoms with Crippen molar-refractivity contribution in [2.24, 2.45) is 0 Å². The molecule has 6 heteroatoms. The summed E-state index contributed by atoms with van der Waals surface area (Å²) in [5.41, 5.74) is 1.49. The average Bonchev–Trinajstić information content (AvgIpc) is 3.04. The number of nitrogens with zero attached hydrogens (tertiary/aromatic N) is 1. The van der Waals surface area contributed by atoms with Crippen LogP contribution in [0, 0.1) is 0 Å². The fraction of sp³-hybridized carbons (Fsp3) is 0.444. The molecule has 1 heterocycles. The molecule has 0 aliphatic heterocycles. The largest absolute Gasteiger partial charge is 0.444 e. The van der Waals surface area contributed by atoms with Gasteiger partial charge in [0, 0.05) is 22.4 Å². The van der Waals surface area contributed by atoms with E-state index in [2.05, 4.69) is 10.3 Å². The van der Waals surface area contributed by atoms with E-state index in [9.17, 15) is 9.00 Å². The van der Waals surface area contributed by atoms with Gasteiger partial charge in [-0.3, -0.25) is 9.00 Å². The first kappa shape index (κ1) is 16.9. The second kappa shape index (κ2) is 8.24. The highest BCUT2D eigenvalue weighted by molar-refractivity contribution is 7.84. The van der Waals surface area contributed by atoms with Gasteiger partial charge in [0.15, 0.2) is 0 Å². The number of nitrogens with one attached hydrogen (secondary N) is 1. The van der Waals surface area contributed by atoms with Crippen molar-refractivity contribution in [1.82, 2.24) is 10.3 Å². The molecular weight excluding hydrogens is 324 g/mol. The Labute approximate surface area is 144 Å². The molecule has 0 radical (unpaired) electrons. The minimum Gasteiger partial charge on any atom is -0.444 e. The number of benzene rings is 1. The maximum Gasteiger partial charge on any atom is 0.232 e. The molecule has 1 aliphatic carbocycles. The maximum absolute atomic E-state index is 12.2. The fourth-order valence-corrected chi connectivity index (χ4v) is 3.91. The van der Waals surface area contributed by atoms with Gasteiger partial charge in [-0.1, -0.05) is 37.5 Å². The number of carbonyl (C=O) groups is 1. The van der Waals surface area contributed by atoms with Crippen molar-refractivity contribution >= 4 is 16.7 Å². The van der Waals surface area contributed by atoms with Gasteiger partial charge in [-0.2, -0.15) is 0 Å². The summed E-state index contributed by atoms with van der Waals surface area (Å²) in [6.07, 6.45) is 7.14. The molecule has 24 heavy (non-hydrogen) atoms. The van der Waals surface area contributed by atoms with Crippen LogP contribution < -0.4 is 5.32 Å². The first-order valence-corrected chi connectivity index (χ1v) is 9.83. The number of oxazole rings is 1. The number of aromatic nitrogens is 1. The standard InChI is InChI=1S/C18H22N2O3S/c21-17(19-15-9-5-2-6-10-15)13-24(22)12-16-11-23-18(20-16)14-7-3-1-4-8-14/h1,3-4,7-8,11,15H,2,5-6,9-10,12-13H2,(H,19,21)/t24-/m0/s1. The van der Waals surface area contributed by atoms with Gasteiger partial charge < -0.3 is 9.73 Å². The first-order chi connectivity index (χ1) is 11.7. The molecule has 0 saturated heterocycles. The lowest BCUT2D eigenvalue weighted by Crippen LogP contribution is -2.38. The number of amides is 1. The highest BCUT2D eigenvalue weighted by Crippen LogP contribution is 2.19. The van der Waals surface area contributed by atoms with Gasteiger partial charge in [0.25, 0.3) is 0 Å². The van der Waals surface area contributed by atoms with Crippen molar-refractivity contribution < 1.29 is 13.4 Å². The van der Waals surface area contributed by atoms with Gasteiger partial charge in [-0.05, 0) is 25.0 Å². The molecule has 1 saturated carbocycles. The second-order valence-corrected chi connectivity index (χ2v) is 7.60. The quantitative estimate of drug-likeness (QED) is 0.872. The van der Waals surface area contributed by atoms with Crippen LogP contribution in [-0.4, -0.2) is 26.9 Å². The van der Waals surface area contributed by atoms with Crippen molar-refractivity contribution in [1.29, 1.82) is 0 Å². The Bertz CT molecular complexity index is 693. The summed E-state index contributed by atoms with van der Waals surface area (Å²) in [5, 5.41) is 2.99. The molecule has 0 spiro atoms. The third kappa shape index (κ3) is 4.77. The number of hydrogen-bond donors (Lipinski definition) is 1. The summed E-state index contributed by atoms with van der Waals surface area (Å²) >= 11 is 0. The molecule has 1 atom stereocenters. The number of carbonyl (C=O) groups excluding carboxylic acids is 1. The summed E-state index contributed by atoms with van der Waals surface area (Å²) in [7, 11) is -1.28. The molecule has 1 amide bonds. The summed E-state index contributed by atoms with van der Waals surface area (Å²) in [6.45, 7) is 0. The van der Waals surface area contributed by atoms with E-state index in [0.29, 0.717) is 11.6 Å². The van der Waals surface area contributed by atoms with Crippen molar-refractivity contribution in [3.8, 4) is 11.5 Å². The predicted octanol–water partition coefficient (Wildman–Crippen LogP) is 3.04. The van der Waals surface area contributed by atoms with Crippen LogP contribution in [0.2, 0.25) is 0 Å². The van der Waals surface area contributed by atoms with E-state index in [4.69, 9.17) is 4.42 Å². The normalized spacial score (nSPS) is 16.7. The Hall–Kier alpha value is -1.95. The Kier molecular flexibility index (Phi) is 5.80. The monoisotopic (exact) mass is 346 g/mol. The second-order valence-electron chi connectivity index (χ2n) is 6.14. The van der Waals surface area contributed by atoms with E-state index in [1.54, 1.807) is 0 Å². The van der Waals surface area contributed by atoms with Gasteiger partial charge in [0.05, 0.1) is 11.4 Å². The van der Waals surface area contributed by atoms with E-state index in [-0.39, 0.29) is 23.5 Å². The predicted molar refractivity (Wildman–Crippen MR) is 93.7 cm³/mol. The van der Waals surface area contributed by atoms with Crippen LogP contribution in [0.5, 0.6) is 0 Å². The van der Waals surface area contributed by atoms with Crippen molar-refractivity contribution in [3.63, 3.8) is 0 Å². The van der Waals surface area contributed by atoms with Crippen LogP contribution in [-0.2, 0) is 21.3 Å². The molecule has 1 N–H and O–H groups in total. The Morgan fingerprint density at radius 2 is 1.96 bits per heavy atom. The van der Waals surface area contributed by atoms with Crippen LogP contribution in [0.1, 0.15) is 37.8 Å². The summed E-state index contributed by atoms with van der Waals surface area (Å²) in [4.78, 5) is 16.3. The van der Waals surface area contributed by atoms with Crippen LogP contribution in [0.3, 0.4) is 0 Å². The van der Waals surface area contributed by atoms with Gasteiger partial charge in [-0.25, -0.2) is 4.98 Å². The minimum atomic E-state index is -1.28. The highest BCUT2D eigenvalue weighted by atomic mass is 32.2. The Morgan fingerprint density at radius 3 is 2.71 bits per heavy atom. The first-order valence-electron chi connectivity index (χ1n) is 8.35. The van der Waals surface area contributed by atoms with E-state index in [1.807, 2.05) is 30.3 Å². The van der Waals surface area contributed by atoms with Crippen molar-refractivity contribution in [3.05, 3.63) is 42.3 Å². The van der Waals surface area contributed by atoms with Crippen molar-refractivity contribution in [2.75, 3.05) is 5.75 Å². The zero-order valence-corrected chi connectivity index (χ0v) is 14.4. The summed E-state index contributed by atoms with van der Waals surface area (Å²) in [6, 6.07) is 9.81. The molecule has 1 aromatic carbocycles. The SMILES string of the molecule is O=C(C[S@@](=O)Cc1coc(-c2ccccc2)n1)NC1CCCCC1. The topological polar surface area (TPSA) is 72.2 Å². The average molecular weight is 346 g/mol. The molecule has 0 bridgehead atoms. The van der Waals surface area contributed by atoms with E-state index in [0.717, 1.165) is 31.2 Å². The lowest BCUT2D eigenvalue weighted by Gasteiger charge is -2.22. The van der Waals surface area contributed by atoms with E-state index in [1.165, 1.54) is 12.7 Å². The fourth-order valence-electron chi connectivity index (χ4n) is 2.97. The Morgan fingerprint density at radius 1 is 1.21 bits per heavy atom. The molecular formula is C18H22N2O3S. The van der Waals surface area contributed by atoms with Gasteiger partial charge in [-0.15, -0.1) is 0 Å². The molecule has 2 aromatic rings. The zero-order valence-electron chi connectivity index (χ0n) is 13.6. The third-order valence-corrected chi connectivity index (χ3v) is 5.35. The van der Waals surface area contributed by atoms with E-state index < -0.39 is 10.8 Å². The molecule has 5 nitrogen and oxygen atoms in total. The lowest BCUT2D eigenvalue weighted by molar-refractivity contribution is -0.119. The summed E-state index contributed by atoms with van der Waals surface area (Å²) in [5.74, 6) is 0.625.